The van der Waals surface area contributed by atoms with Gasteiger partial charge in [0.2, 0.25) is 0 Å². The van der Waals surface area contributed by atoms with Crippen molar-refractivity contribution in [1.29, 1.82) is 0 Å². The number of hydrogen-bond acceptors (Lipinski definition) is 2. The molecule has 98 valence electrons. The maximum Gasteiger partial charge on any atom is 0.163 e. The van der Waals surface area contributed by atoms with Gasteiger partial charge in [0, 0.05) is 0 Å². The number of carbonyl (C=O) groups excluding carboxylic acids is 1. The molecule has 0 radical (unpaired) electrons. The van der Waals surface area contributed by atoms with E-state index in [4.69, 9.17) is 4.74 Å². The zero-order valence-electron chi connectivity index (χ0n) is 11.8. The molecule has 0 aliphatic heterocycles. The van der Waals surface area contributed by atoms with Crippen LogP contribution in [0.25, 0.3) is 0 Å². The minimum atomic E-state index is 0.0126. The van der Waals surface area contributed by atoms with Crippen LogP contribution < -0.4 is 4.74 Å². The van der Waals surface area contributed by atoms with Crippen molar-refractivity contribution in [2.45, 2.75) is 27.7 Å². The summed E-state index contributed by atoms with van der Waals surface area (Å²) in [6.07, 6.45) is 0. The van der Waals surface area contributed by atoms with Crippen LogP contribution in [-0.2, 0) is 0 Å². The Bertz CT molecular complexity index is 627. The van der Waals surface area contributed by atoms with Crippen LogP contribution in [0.15, 0.2) is 36.4 Å². The first-order chi connectivity index (χ1) is 9.00. The van der Waals surface area contributed by atoms with Crippen LogP contribution in [0, 0.1) is 20.8 Å². The molecule has 0 atom stereocenters. The van der Waals surface area contributed by atoms with Gasteiger partial charge in [-0.3, -0.25) is 4.79 Å². The topological polar surface area (TPSA) is 26.3 Å². The number of Topliss-reactive ketones (excluding diaryl/α,β-unsaturated/α-hetero) is 1. The molecule has 2 nitrogen and oxygen atoms in total. The van der Waals surface area contributed by atoms with E-state index in [1.165, 1.54) is 5.56 Å². The molecule has 0 fully saturated rings. The van der Waals surface area contributed by atoms with Gasteiger partial charge in [0.25, 0.3) is 0 Å². The van der Waals surface area contributed by atoms with E-state index < -0.39 is 0 Å². The molecular formula is C17H18O2. The van der Waals surface area contributed by atoms with Crippen molar-refractivity contribution in [2.24, 2.45) is 0 Å². The second-order valence-electron chi connectivity index (χ2n) is 4.81. The summed E-state index contributed by atoms with van der Waals surface area (Å²) in [7, 11) is 0. The molecule has 0 bridgehead atoms. The molecule has 2 aromatic rings. The third-order valence-corrected chi connectivity index (χ3v) is 3.35. The number of ether oxygens (including phenoxy) is 1. The summed E-state index contributed by atoms with van der Waals surface area (Å²) in [5.74, 6) is 1.47. The third-order valence-electron chi connectivity index (χ3n) is 3.35. The highest BCUT2D eigenvalue weighted by Crippen LogP contribution is 2.32. The number of rotatable bonds is 3. The Labute approximate surface area is 114 Å². The van der Waals surface area contributed by atoms with Gasteiger partial charge in [-0.25, -0.2) is 0 Å². The fraction of sp³-hybridized carbons (Fsp3) is 0.235. The smallest absolute Gasteiger partial charge is 0.163 e. The lowest BCUT2D eigenvalue weighted by molar-refractivity contribution is 0.101. The van der Waals surface area contributed by atoms with Crippen molar-refractivity contribution in [1.82, 2.24) is 0 Å². The summed E-state index contributed by atoms with van der Waals surface area (Å²) in [6.45, 7) is 7.66. The van der Waals surface area contributed by atoms with Crippen molar-refractivity contribution in [3.8, 4) is 11.5 Å². The van der Waals surface area contributed by atoms with Gasteiger partial charge < -0.3 is 4.74 Å². The summed E-state index contributed by atoms with van der Waals surface area (Å²) < 4.78 is 5.99. The zero-order valence-corrected chi connectivity index (χ0v) is 11.8. The molecule has 0 saturated heterocycles. The first-order valence-electron chi connectivity index (χ1n) is 6.35. The van der Waals surface area contributed by atoms with E-state index in [1.54, 1.807) is 13.0 Å². The number of hydrogen-bond donors (Lipinski definition) is 0. The minimum Gasteiger partial charge on any atom is -0.456 e. The van der Waals surface area contributed by atoms with Crippen molar-refractivity contribution < 1.29 is 9.53 Å². The SMILES string of the molecule is CC(=O)c1ccccc1Oc1c(C)ccc(C)c1C. The average Bonchev–Trinajstić information content (AvgIpc) is 2.39. The molecule has 0 aliphatic rings. The Kier molecular flexibility index (Phi) is 3.70. The third kappa shape index (κ3) is 2.68. The molecule has 0 spiro atoms. The van der Waals surface area contributed by atoms with E-state index in [0.29, 0.717) is 11.3 Å². The predicted molar refractivity (Wildman–Crippen MR) is 77.2 cm³/mol. The van der Waals surface area contributed by atoms with E-state index in [1.807, 2.05) is 38.1 Å². The lowest BCUT2D eigenvalue weighted by Crippen LogP contribution is -1.99. The molecule has 2 aromatic carbocycles. The summed E-state index contributed by atoms with van der Waals surface area (Å²) in [5, 5.41) is 0. The molecule has 0 saturated carbocycles. The molecule has 0 amide bonds. The Balaban J connectivity index is 2.48. The van der Waals surface area contributed by atoms with E-state index in [0.717, 1.165) is 16.9 Å². The summed E-state index contributed by atoms with van der Waals surface area (Å²) in [6, 6.07) is 11.5. The summed E-state index contributed by atoms with van der Waals surface area (Å²) >= 11 is 0. The van der Waals surface area contributed by atoms with Crippen LogP contribution in [0.1, 0.15) is 34.0 Å². The second-order valence-corrected chi connectivity index (χ2v) is 4.81. The van der Waals surface area contributed by atoms with Gasteiger partial charge in [0.15, 0.2) is 5.78 Å². The van der Waals surface area contributed by atoms with Gasteiger partial charge in [-0.15, -0.1) is 0 Å². The van der Waals surface area contributed by atoms with Gasteiger partial charge >= 0.3 is 0 Å². The Hall–Kier alpha value is -2.09. The van der Waals surface area contributed by atoms with E-state index in [2.05, 4.69) is 13.0 Å². The van der Waals surface area contributed by atoms with Crippen LogP contribution in [-0.4, -0.2) is 5.78 Å². The number of benzene rings is 2. The van der Waals surface area contributed by atoms with Gasteiger partial charge in [-0.05, 0) is 56.5 Å². The minimum absolute atomic E-state index is 0.0126. The number of aryl methyl sites for hydroxylation is 2. The lowest BCUT2D eigenvalue weighted by atomic mass is 10.0. The Morgan fingerprint density at radius 2 is 1.58 bits per heavy atom. The fourth-order valence-electron chi connectivity index (χ4n) is 2.04. The Morgan fingerprint density at radius 3 is 2.26 bits per heavy atom. The largest absolute Gasteiger partial charge is 0.456 e. The molecule has 0 aliphatic carbocycles. The lowest BCUT2D eigenvalue weighted by Gasteiger charge is -2.15. The van der Waals surface area contributed by atoms with Crippen molar-refractivity contribution in [3.05, 3.63) is 58.7 Å². The molecule has 19 heavy (non-hydrogen) atoms. The molecule has 0 unspecified atom stereocenters. The molecule has 0 aromatic heterocycles. The van der Waals surface area contributed by atoms with Crippen LogP contribution in [0.4, 0.5) is 0 Å². The Morgan fingerprint density at radius 1 is 0.947 bits per heavy atom. The maximum absolute atomic E-state index is 11.6. The van der Waals surface area contributed by atoms with Gasteiger partial charge in [-0.2, -0.15) is 0 Å². The first kappa shape index (κ1) is 13.3. The molecule has 0 heterocycles. The number of carbonyl (C=O) groups is 1. The van der Waals surface area contributed by atoms with Gasteiger partial charge in [0.05, 0.1) is 5.56 Å². The van der Waals surface area contributed by atoms with E-state index in [9.17, 15) is 4.79 Å². The van der Waals surface area contributed by atoms with E-state index in [-0.39, 0.29) is 5.78 Å². The summed E-state index contributed by atoms with van der Waals surface area (Å²) in [5.41, 5.74) is 3.98. The van der Waals surface area contributed by atoms with Crippen molar-refractivity contribution in [2.75, 3.05) is 0 Å². The molecule has 0 N–H and O–H groups in total. The van der Waals surface area contributed by atoms with Crippen molar-refractivity contribution in [3.63, 3.8) is 0 Å². The second kappa shape index (κ2) is 5.27. The molecule has 2 rings (SSSR count). The number of ketones is 1. The zero-order chi connectivity index (χ0) is 14.0. The molecule has 2 heteroatoms. The molecular weight excluding hydrogens is 236 g/mol. The van der Waals surface area contributed by atoms with Gasteiger partial charge in [0.1, 0.15) is 11.5 Å². The highest BCUT2D eigenvalue weighted by atomic mass is 16.5. The maximum atomic E-state index is 11.6. The van der Waals surface area contributed by atoms with Gasteiger partial charge in [-0.1, -0.05) is 24.3 Å². The standard InChI is InChI=1S/C17H18O2/c1-11-9-10-12(2)17(13(11)3)19-16-8-6-5-7-15(16)14(4)18/h5-10H,1-4H3. The summed E-state index contributed by atoms with van der Waals surface area (Å²) in [4.78, 5) is 11.6. The highest BCUT2D eigenvalue weighted by Gasteiger charge is 2.12. The van der Waals surface area contributed by atoms with Crippen molar-refractivity contribution >= 4 is 5.78 Å². The first-order valence-corrected chi connectivity index (χ1v) is 6.35. The van der Waals surface area contributed by atoms with E-state index >= 15 is 0 Å². The normalized spacial score (nSPS) is 10.3. The highest BCUT2D eigenvalue weighted by molar-refractivity contribution is 5.96. The van der Waals surface area contributed by atoms with Crippen LogP contribution in [0.2, 0.25) is 0 Å². The average molecular weight is 254 g/mol. The predicted octanol–water partition coefficient (Wildman–Crippen LogP) is 4.61. The number of para-hydroxylation sites is 1. The monoisotopic (exact) mass is 254 g/mol. The van der Waals surface area contributed by atoms with Crippen LogP contribution >= 0.6 is 0 Å². The van der Waals surface area contributed by atoms with Crippen LogP contribution in [0.5, 0.6) is 11.5 Å². The fourth-order valence-corrected chi connectivity index (χ4v) is 2.04. The van der Waals surface area contributed by atoms with Crippen LogP contribution in [0.3, 0.4) is 0 Å². The quantitative estimate of drug-likeness (QED) is 0.748.